The van der Waals surface area contributed by atoms with Crippen molar-refractivity contribution < 1.29 is 10.2 Å². The van der Waals surface area contributed by atoms with Gasteiger partial charge in [0.2, 0.25) is 0 Å². The molecule has 0 aliphatic heterocycles. The third kappa shape index (κ3) is 1.46. The van der Waals surface area contributed by atoms with Crippen molar-refractivity contribution in [3.63, 3.8) is 0 Å². The first-order valence-electron chi connectivity index (χ1n) is 7.01. The predicted molar refractivity (Wildman–Crippen MR) is 62.8 cm³/mol. The number of rotatable bonds is 3. The minimum Gasteiger partial charge on any atom is -0.396 e. The van der Waals surface area contributed by atoms with Gasteiger partial charge in [-0.1, -0.05) is 0 Å². The first-order valence-corrected chi connectivity index (χ1v) is 7.01. The normalized spacial score (nSPS) is 51.9. The van der Waals surface area contributed by atoms with Crippen LogP contribution in [0.25, 0.3) is 0 Å². The lowest BCUT2D eigenvalue weighted by Gasteiger charge is -2.35. The van der Waals surface area contributed by atoms with Gasteiger partial charge < -0.3 is 10.2 Å². The van der Waals surface area contributed by atoms with Gasteiger partial charge in [0.15, 0.2) is 0 Å². The summed E-state index contributed by atoms with van der Waals surface area (Å²) in [5.74, 6) is 4.83. The van der Waals surface area contributed by atoms with Crippen molar-refractivity contribution >= 4 is 0 Å². The number of aliphatic hydroxyl groups excluding tert-OH is 2. The highest BCUT2D eigenvalue weighted by Gasteiger charge is 2.57. The Bertz CT molecular complexity index is 263. The van der Waals surface area contributed by atoms with E-state index in [0.717, 1.165) is 36.0 Å². The molecule has 7 atom stereocenters. The third-order valence-corrected chi connectivity index (χ3v) is 5.82. The lowest BCUT2D eigenvalue weighted by molar-refractivity contribution is 0.0485. The summed E-state index contributed by atoms with van der Waals surface area (Å²) < 4.78 is 0. The Morgan fingerprint density at radius 1 is 1.19 bits per heavy atom. The quantitative estimate of drug-likeness (QED) is 0.770. The standard InChI is InChI=1S/C14H24O2/c1-8(16)12-6-10-7-13(12)11-3-2-9(4-5-15)14(10)11/h8-16H,2-7H2,1H3. The van der Waals surface area contributed by atoms with Gasteiger partial charge in [-0.15, -0.1) is 0 Å². The van der Waals surface area contributed by atoms with E-state index in [1.54, 1.807) is 0 Å². The molecule has 92 valence electrons. The molecule has 2 N–H and O–H groups in total. The molecule has 3 rings (SSSR count). The Kier molecular flexibility index (Phi) is 2.75. The van der Waals surface area contributed by atoms with Crippen molar-refractivity contribution in [2.75, 3.05) is 6.61 Å². The fourth-order valence-corrected chi connectivity index (χ4v) is 5.38. The molecule has 0 aromatic carbocycles. The van der Waals surface area contributed by atoms with Gasteiger partial charge in [-0.2, -0.15) is 0 Å². The van der Waals surface area contributed by atoms with Crippen LogP contribution in [0.15, 0.2) is 0 Å². The molecule has 3 aliphatic rings. The van der Waals surface area contributed by atoms with Crippen LogP contribution >= 0.6 is 0 Å². The average Bonchev–Trinajstić information content (AvgIpc) is 2.87. The van der Waals surface area contributed by atoms with Crippen LogP contribution in [0.2, 0.25) is 0 Å². The van der Waals surface area contributed by atoms with Crippen LogP contribution in [0.4, 0.5) is 0 Å². The van der Waals surface area contributed by atoms with Gasteiger partial charge in [0.25, 0.3) is 0 Å². The first-order chi connectivity index (χ1) is 7.72. The molecule has 2 nitrogen and oxygen atoms in total. The largest absolute Gasteiger partial charge is 0.396 e. The van der Waals surface area contributed by atoms with Crippen molar-refractivity contribution in [1.29, 1.82) is 0 Å². The van der Waals surface area contributed by atoms with Crippen molar-refractivity contribution in [3.8, 4) is 0 Å². The zero-order chi connectivity index (χ0) is 11.3. The Balaban J connectivity index is 1.73. The van der Waals surface area contributed by atoms with Crippen molar-refractivity contribution in [2.24, 2.45) is 35.5 Å². The molecule has 3 fully saturated rings. The van der Waals surface area contributed by atoms with E-state index in [4.69, 9.17) is 5.11 Å². The van der Waals surface area contributed by atoms with Gasteiger partial charge in [-0.3, -0.25) is 0 Å². The van der Waals surface area contributed by atoms with Crippen molar-refractivity contribution in [1.82, 2.24) is 0 Å². The molecular weight excluding hydrogens is 200 g/mol. The zero-order valence-corrected chi connectivity index (χ0v) is 10.2. The van der Waals surface area contributed by atoms with Crippen LogP contribution in [0.5, 0.6) is 0 Å². The molecule has 16 heavy (non-hydrogen) atoms. The molecule has 0 saturated heterocycles. The van der Waals surface area contributed by atoms with Gasteiger partial charge in [0.1, 0.15) is 0 Å². The van der Waals surface area contributed by atoms with Crippen LogP contribution in [-0.2, 0) is 0 Å². The second kappa shape index (κ2) is 3.99. The molecule has 3 aliphatic carbocycles. The van der Waals surface area contributed by atoms with Gasteiger partial charge in [-0.05, 0) is 74.5 Å². The monoisotopic (exact) mass is 224 g/mol. The van der Waals surface area contributed by atoms with Crippen LogP contribution in [-0.4, -0.2) is 22.9 Å². The summed E-state index contributed by atoms with van der Waals surface area (Å²) >= 11 is 0. The fourth-order valence-electron chi connectivity index (χ4n) is 5.38. The lowest BCUT2D eigenvalue weighted by atomic mass is 9.71. The summed E-state index contributed by atoms with van der Waals surface area (Å²) in [4.78, 5) is 0. The molecule has 3 saturated carbocycles. The second-order valence-corrected chi connectivity index (χ2v) is 6.39. The summed E-state index contributed by atoms with van der Waals surface area (Å²) in [6, 6.07) is 0. The third-order valence-electron chi connectivity index (χ3n) is 5.82. The Hall–Kier alpha value is -0.0800. The van der Waals surface area contributed by atoms with Crippen LogP contribution in [0.1, 0.15) is 39.0 Å². The molecule has 2 heteroatoms. The second-order valence-electron chi connectivity index (χ2n) is 6.39. The Labute approximate surface area is 98.1 Å². The molecule has 0 aromatic rings. The maximum atomic E-state index is 9.82. The van der Waals surface area contributed by atoms with Crippen molar-refractivity contribution in [2.45, 2.75) is 45.1 Å². The van der Waals surface area contributed by atoms with Gasteiger partial charge in [0.05, 0.1) is 6.10 Å². The maximum absolute atomic E-state index is 9.82. The minimum atomic E-state index is -0.104. The predicted octanol–water partition coefficient (Wildman–Crippen LogP) is 2.05. The fraction of sp³-hybridized carbons (Fsp3) is 1.00. The molecule has 0 heterocycles. The number of aliphatic hydroxyl groups is 2. The average molecular weight is 224 g/mol. The summed E-state index contributed by atoms with van der Waals surface area (Å²) in [6.07, 6.45) is 6.23. The molecule has 0 amide bonds. The van der Waals surface area contributed by atoms with Crippen LogP contribution in [0.3, 0.4) is 0 Å². The van der Waals surface area contributed by atoms with E-state index in [0.29, 0.717) is 12.5 Å². The van der Waals surface area contributed by atoms with Crippen LogP contribution < -0.4 is 0 Å². The van der Waals surface area contributed by atoms with E-state index in [9.17, 15) is 5.11 Å². The smallest absolute Gasteiger partial charge is 0.0543 e. The zero-order valence-electron chi connectivity index (χ0n) is 10.2. The van der Waals surface area contributed by atoms with E-state index < -0.39 is 0 Å². The number of hydrogen-bond donors (Lipinski definition) is 2. The molecule has 0 aromatic heterocycles. The van der Waals surface area contributed by atoms with E-state index in [1.807, 2.05) is 6.92 Å². The number of hydrogen-bond acceptors (Lipinski definition) is 2. The van der Waals surface area contributed by atoms with Crippen molar-refractivity contribution in [3.05, 3.63) is 0 Å². The summed E-state index contributed by atoms with van der Waals surface area (Å²) in [5, 5.41) is 18.9. The van der Waals surface area contributed by atoms with Gasteiger partial charge >= 0.3 is 0 Å². The highest BCUT2D eigenvalue weighted by molar-refractivity contribution is 5.06. The van der Waals surface area contributed by atoms with E-state index in [2.05, 4.69) is 0 Å². The maximum Gasteiger partial charge on any atom is 0.0543 e. The SMILES string of the molecule is CC(O)C1CC2CC1C1CCC(CCO)C21. The van der Waals surface area contributed by atoms with Gasteiger partial charge in [0, 0.05) is 6.61 Å². The molecule has 0 spiro atoms. The molecular formula is C14H24O2. The molecule has 0 radical (unpaired) electrons. The summed E-state index contributed by atoms with van der Waals surface area (Å²) in [7, 11) is 0. The van der Waals surface area contributed by atoms with Gasteiger partial charge in [-0.25, -0.2) is 0 Å². The Morgan fingerprint density at radius 3 is 2.69 bits per heavy atom. The minimum absolute atomic E-state index is 0.104. The van der Waals surface area contributed by atoms with E-state index in [-0.39, 0.29) is 6.10 Å². The topological polar surface area (TPSA) is 40.5 Å². The van der Waals surface area contributed by atoms with Crippen LogP contribution in [0, 0.1) is 35.5 Å². The Morgan fingerprint density at radius 2 is 2.00 bits per heavy atom. The highest BCUT2D eigenvalue weighted by atomic mass is 16.3. The molecule has 2 bridgehead atoms. The molecule has 7 unspecified atom stereocenters. The highest BCUT2D eigenvalue weighted by Crippen LogP contribution is 2.63. The summed E-state index contributed by atoms with van der Waals surface area (Å²) in [6.45, 7) is 2.34. The number of fused-ring (bicyclic) bond motifs is 5. The summed E-state index contributed by atoms with van der Waals surface area (Å²) in [5.41, 5.74) is 0. The lowest BCUT2D eigenvalue weighted by Crippen LogP contribution is -2.32. The van der Waals surface area contributed by atoms with E-state index in [1.165, 1.54) is 25.7 Å². The van der Waals surface area contributed by atoms with E-state index >= 15 is 0 Å². The first kappa shape index (κ1) is 11.0.